The van der Waals surface area contributed by atoms with E-state index in [9.17, 15) is 9.18 Å². The molecule has 1 aromatic heterocycles. The number of hydrogen-bond acceptors (Lipinski definition) is 3. The van der Waals surface area contributed by atoms with Crippen LogP contribution in [0.4, 0.5) is 4.39 Å². The van der Waals surface area contributed by atoms with E-state index >= 15 is 0 Å². The van der Waals surface area contributed by atoms with Gasteiger partial charge in [-0.2, -0.15) is 0 Å². The summed E-state index contributed by atoms with van der Waals surface area (Å²) in [5.74, 6) is 4.93. The molecule has 0 bridgehead atoms. The monoisotopic (exact) mass is 366 g/mol. The van der Waals surface area contributed by atoms with Gasteiger partial charge in [0.05, 0.1) is 15.9 Å². The van der Waals surface area contributed by atoms with Crippen LogP contribution >= 0.6 is 27.3 Å². The normalized spacial score (nSPS) is 9.86. The van der Waals surface area contributed by atoms with E-state index in [1.54, 1.807) is 23.6 Å². The molecule has 0 saturated heterocycles. The lowest BCUT2D eigenvalue weighted by Crippen LogP contribution is -2.22. The second-order valence-corrected chi connectivity index (χ2v) is 6.42. The number of hydrogen-bond donors (Lipinski definition) is 2. The first kappa shape index (κ1) is 15.7. The summed E-state index contributed by atoms with van der Waals surface area (Å²) in [5, 5.41) is 4.42. The third kappa shape index (κ3) is 4.39. The molecule has 1 heterocycles. The first-order valence-corrected chi connectivity index (χ1v) is 7.77. The van der Waals surface area contributed by atoms with E-state index in [1.165, 1.54) is 17.4 Å². The summed E-state index contributed by atoms with van der Waals surface area (Å²) < 4.78 is 14.6. The van der Waals surface area contributed by atoms with Gasteiger partial charge in [-0.15, -0.1) is 11.3 Å². The van der Waals surface area contributed by atoms with Crippen LogP contribution in [0, 0.1) is 17.7 Å². The Morgan fingerprint density at radius 2 is 2.24 bits per heavy atom. The number of halogens is 2. The van der Waals surface area contributed by atoms with Crippen LogP contribution < -0.4 is 11.1 Å². The molecule has 3 N–H and O–H groups in total. The molecule has 2 rings (SSSR count). The van der Waals surface area contributed by atoms with Crippen molar-refractivity contribution in [1.29, 1.82) is 0 Å². The Kier molecular flexibility index (Phi) is 5.51. The van der Waals surface area contributed by atoms with Gasteiger partial charge in [-0.05, 0) is 40.2 Å². The second kappa shape index (κ2) is 7.36. The van der Waals surface area contributed by atoms with Gasteiger partial charge in [0.1, 0.15) is 5.82 Å². The highest BCUT2D eigenvalue weighted by Gasteiger charge is 2.09. The van der Waals surface area contributed by atoms with Crippen molar-refractivity contribution in [3.63, 3.8) is 0 Å². The molecular formula is C15H12BrFN2OS. The van der Waals surface area contributed by atoms with Crippen molar-refractivity contribution in [3.8, 4) is 11.8 Å². The Morgan fingerprint density at radius 1 is 1.43 bits per heavy atom. The molecule has 2 aromatic rings. The topological polar surface area (TPSA) is 55.1 Å². The minimum Gasteiger partial charge on any atom is -0.348 e. The SMILES string of the molecule is NCC#Cc1ccc(F)c(CNC(=O)c2csc(Br)c2)c1. The highest BCUT2D eigenvalue weighted by molar-refractivity contribution is 9.11. The minimum absolute atomic E-state index is 0.107. The Labute approximate surface area is 134 Å². The number of nitrogens with one attached hydrogen (secondary N) is 1. The van der Waals surface area contributed by atoms with Gasteiger partial charge in [0.2, 0.25) is 0 Å². The third-order valence-corrected chi connectivity index (χ3v) is 4.15. The largest absolute Gasteiger partial charge is 0.348 e. The van der Waals surface area contributed by atoms with Gasteiger partial charge < -0.3 is 11.1 Å². The van der Waals surface area contributed by atoms with Crippen molar-refractivity contribution < 1.29 is 9.18 Å². The van der Waals surface area contributed by atoms with Gasteiger partial charge >= 0.3 is 0 Å². The average Bonchev–Trinajstić information content (AvgIpc) is 2.91. The summed E-state index contributed by atoms with van der Waals surface area (Å²) in [6.45, 7) is 0.354. The van der Waals surface area contributed by atoms with Gasteiger partial charge in [-0.3, -0.25) is 4.79 Å². The van der Waals surface area contributed by atoms with Crippen molar-refractivity contribution in [1.82, 2.24) is 5.32 Å². The van der Waals surface area contributed by atoms with Crippen LogP contribution in [0.25, 0.3) is 0 Å². The molecular weight excluding hydrogens is 355 g/mol. The number of thiophene rings is 1. The summed E-state index contributed by atoms with van der Waals surface area (Å²) in [6.07, 6.45) is 0. The first-order chi connectivity index (χ1) is 10.1. The van der Waals surface area contributed by atoms with E-state index in [0.717, 1.165) is 3.79 Å². The van der Waals surface area contributed by atoms with Gasteiger partial charge in [0, 0.05) is 23.1 Å². The summed E-state index contributed by atoms with van der Waals surface area (Å²) in [4.78, 5) is 11.9. The zero-order valence-corrected chi connectivity index (χ0v) is 13.4. The Morgan fingerprint density at radius 3 is 2.90 bits per heavy atom. The standard InChI is InChI=1S/C15H12BrFN2OS/c16-14-7-12(9-21-14)15(20)19-8-11-6-10(2-1-5-18)3-4-13(11)17/h3-4,6-7,9H,5,8,18H2,(H,19,20). The van der Waals surface area contributed by atoms with Crippen molar-refractivity contribution >= 4 is 33.2 Å². The molecule has 1 amide bonds. The van der Waals surface area contributed by atoms with Crippen molar-refractivity contribution in [2.45, 2.75) is 6.54 Å². The molecule has 0 atom stereocenters. The van der Waals surface area contributed by atoms with Crippen LogP contribution in [0.1, 0.15) is 21.5 Å². The maximum absolute atomic E-state index is 13.7. The molecule has 1 aromatic carbocycles. The van der Waals surface area contributed by atoms with Gasteiger partial charge in [0.15, 0.2) is 0 Å². The molecule has 6 heteroatoms. The second-order valence-electron chi connectivity index (χ2n) is 4.13. The van der Waals surface area contributed by atoms with E-state index < -0.39 is 0 Å². The zero-order valence-electron chi connectivity index (χ0n) is 11.0. The Balaban J connectivity index is 2.07. The fraction of sp³-hybridized carbons (Fsp3) is 0.133. The van der Waals surface area contributed by atoms with Crippen LogP contribution in [-0.2, 0) is 6.54 Å². The van der Waals surface area contributed by atoms with Gasteiger partial charge in [0.25, 0.3) is 5.91 Å². The summed E-state index contributed by atoms with van der Waals surface area (Å²) in [6, 6.07) is 6.25. The average molecular weight is 367 g/mol. The maximum atomic E-state index is 13.7. The Hall–Kier alpha value is -1.68. The quantitative estimate of drug-likeness (QED) is 0.820. The molecule has 0 aliphatic rings. The van der Waals surface area contributed by atoms with E-state index in [4.69, 9.17) is 5.73 Å². The fourth-order valence-corrected chi connectivity index (χ4v) is 2.78. The molecule has 0 aliphatic heterocycles. The number of carbonyl (C=O) groups is 1. The predicted octanol–water partition coefficient (Wildman–Crippen LogP) is 2.89. The summed E-state index contributed by atoms with van der Waals surface area (Å²) >= 11 is 4.72. The highest BCUT2D eigenvalue weighted by Crippen LogP contribution is 2.20. The Bertz CT molecular complexity index is 718. The van der Waals surface area contributed by atoms with Crippen LogP contribution in [0.2, 0.25) is 0 Å². The molecule has 0 fully saturated rings. The van der Waals surface area contributed by atoms with E-state index in [2.05, 4.69) is 33.1 Å². The first-order valence-electron chi connectivity index (χ1n) is 6.09. The number of benzene rings is 1. The van der Waals surface area contributed by atoms with Crippen LogP contribution in [0.5, 0.6) is 0 Å². The molecule has 3 nitrogen and oxygen atoms in total. The lowest BCUT2D eigenvalue weighted by molar-refractivity contribution is 0.0951. The van der Waals surface area contributed by atoms with Crippen molar-refractivity contribution in [2.75, 3.05) is 6.54 Å². The molecule has 0 saturated carbocycles. The number of rotatable bonds is 3. The summed E-state index contributed by atoms with van der Waals surface area (Å²) in [5.41, 5.74) is 6.91. The zero-order chi connectivity index (χ0) is 15.2. The van der Waals surface area contributed by atoms with E-state index in [1.807, 2.05) is 0 Å². The summed E-state index contributed by atoms with van der Waals surface area (Å²) in [7, 11) is 0. The minimum atomic E-state index is -0.375. The lowest BCUT2D eigenvalue weighted by atomic mass is 10.1. The molecule has 0 aliphatic carbocycles. The van der Waals surface area contributed by atoms with E-state index in [0.29, 0.717) is 16.7 Å². The fourth-order valence-electron chi connectivity index (χ4n) is 1.65. The van der Waals surface area contributed by atoms with Gasteiger partial charge in [-0.25, -0.2) is 4.39 Å². The van der Waals surface area contributed by atoms with Crippen LogP contribution in [-0.4, -0.2) is 12.5 Å². The molecule has 0 spiro atoms. The maximum Gasteiger partial charge on any atom is 0.252 e. The smallest absolute Gasteiger partial charge is 0.252 e. The molecule has 21 heavy (non-hydrogen) atoms. The van der Waals surface area contributed by atoms with Crippen molar-refractivity contribution in [2.24, 2.45) is 5.73 Å². The van der Waals surface area contributed by atoms with Gasteiger partial charge in [-0.1, -0.05) is 11.8 Å². The number of nitrogens with two attached hydrogens (primary N) is 1. The third-order valence-electron chi connectivity index (χ3n) is 2.65. The number of carbonyl (C=O) groups excluding carboxylic acids is 1. The molecule has 108 valence electrons. The van der Waals surface area contributed by atoms with Crippen LogP contribution in [0.3, 0.4) is 0 Å². The van der Waals surface area contributed by atoms with E-state index in [-0.39, 0.29) is 24.8 Å². The molecule has 0 radical (unpaired) electrons. The molecule has 0 unspecified atom stereocenters. The number of amides is 1. The lowest BCUT2D eigenvalue weighted by Gasteiger charge is -2.06. The highest BCUT2D eigenvalue weighted by atomic mass is 79.9. The van der Waals surface area contributed by atoms with Crippen LogP contribution in [0.15, 0.2) is 33.4 Å². The van der Waals surface area contributed by atoms with Crippen molar-refractivity contribution in [3.05, 3.63) is 55.9 Å². The predicted molar refractivity (Wildman–Crippen MR) is 85.5 cm³/mol.